The Bertz CT molecular complexity index is 975. The summed E-state index contributed by atoms with van der Waals surface area (Å²) >= 11 is 0. The summed E-state index contributed by atoms with van der Waals surface area (Å²) in [5.74, 6) is 0.858. The van der Waals surface area contributed by atoms with E-state index in [4.69, 9.17) is 9.15 Å². The first kappa shape index (κ1) is 17.6. The molecule has 1 aliphatic rings. The lowest BCUT2D eigenvalue weighted by atomic mass is 10.1. The summed E-state index contributed by atoms with van der Waals surface area (Å²) in [6, 6.07) is 14.0. The number of hydrogen-bond donors (Lipinski definition) is 1. The lowest BCUT2D eigenvalue weighted by Crippen LogP contribution is -2.33. The van der Waals surface area contributed by atoms with E-state index >= 15 is 0 Å². The Hall–Kier alpha value is -2.79. The fourth-order valence-electron chi connectivity index (χ4n) is 3.55. The normalized spacial score (nSPS) is 15.1. The Kier molecular flexibility index (Phi) is 5.12. The van der Waals surface area contributed by atoms with Crippen molar-refractivity contribution in [1.29, 1.82) is 0 Å². The molecule has 4 rings (SSSR count). The van der Waals surface area contributed by atoms with E-state index in [1.807, 2.05) is 30.3 Å². The number of piperidine rings is 1. The predicted molar refractivity (Wildman–Crippen MR) is 105 cm³/mol. The van der Waals surface area contributed by atoms with Crippen molar-refractivity contribution in [3.63, 3.8) is 0 Å². The number of phenols is 1. The van der Waals surface area contributed by atoms with E-state index in [1.165, 1.54) is 31.4 Å². The molecule has 1 N–H and O–H groups in total. The summed E-state index contributed by atoms with van der Waals surface area (Å²) in [7, 11) is 0. The first-order valence-corrected chi connectivity index (χ1v) is 9.42. The lowest BCUT2D eigenvalue weighted by Gasteiger charge is -2.26. The van der Waals surface area contributed by atoms with Gasteiger partial charge in [-0.15, -0.1) is 0 Å². The van der Waals surface area contributed by atoms with E-state index in [9.17, 15) is 9.90 Å². The van der Waals surface area contributed by atoms with Gasteiger partial charge in [-0.05, 0) is 25.9 Å². The number of fused-ring (bicyclic) bond motifs is 1. The van der Waals surface area contributed by atoms with Crippen LogP contribution in [0.5, 0.6) is 11.5 Å². The van der Waals surface area contributed by atoms with Gasteiger partial charge in [0.05, 0.1) is 0 Å². The lowest BCUT2D eigenvalue weighted by molar-refractivity contribution is 0.183. The van der Waals surface area contributed by atoms with Gasteiger partial charge < -0.3 is 14.3 Å². The van der Waals surface area contributed by atoms with E-state index in [0.717, 1.165) is 25.2 Å². The van der Waals surface area contributed by atoms with Gasteiger partial charge in [0, 0.05) is 30.3 Å². The summed E-state index contributed by atoms with van der Waals surface area (Å²) in [5, 5.41) is 10.5. The first-order chi connectivity index (χ1) is 13.2. The van der Waals surface area contributed by atoms with Gasteiger partial charge in [-0.3, -0.25) is 9.69 Å². The SMILES string of the molecule is O=c1cc(-c2ccccc2)oc2cc(OCCN3CCCCC3)cc(O)c12. The van der Waals surface area contributed by atoms with Crippen molar-refractivity contribution in [3.8, 4) is 22.8 Å². The van der Waals surface area contributed by atoms with Crippen LogP contribution in [0.3, 0.4) is 0 Å². The largest absolute Gasteiger partial charge is 0.507 e. The van der Waals surface area contributed by atoms with Gasteiger partial charge in [0.15, 0.2) is 5.43 Å². The van der Waals surface area contributed by atoms with E-state index in [1.54, 1.807) is 6.07 Å². The van der Waals surface area contributed by atoms with Gasteiger partial charge in [-0.25, -0.2) is 0 Å². The predicted octanol–water partition coefficient (Wildman–Crippen LogP) is 4.03. The summed E-state index contributed by atoms with van der Waals surface area (Å²) in [4.78, 5) is 14.8. The summed E-state index contributed by atoms with van der Waals surface area (Å²) in [5.41, 5.74) is 0.870. The molecule has 1 aliphatic heterocycles. The molecule has 5 heteroatoms. The summed E-state index contributed by atoms with van der Waals surface area (Å²) < 4.78 is 11.7. The minimum atomic E-state index is -0.271. The van der Waals surface area contributed by atoms with Crippen molar-refractivity contribution >= 4 is 11.0 Å². The van der Waals surface area contributed by atoms with Crippen molar-refractivity contribution in [2.75, 3.05) is 26.2 Å². The number of phenolic OH excluding ortho intramolecular Hbond substituents is 1. The average molecular weight is 365 g/mol. The van der Waals surface area contributed by atoms with Gasteiger partial charge >= 0.3 is 0 Å². The van der Waals surface area contributed by atoms with Crippen LogP contribution in [0.2, 0.25) is 0 Å². The molecular formula is C22H23NO4. The molecule has 0 amide bonds. The Morgan fingerprint density at radius 1 is 1.04 bits per heavy atom. The van der Waals surface area contributed by atoms with E-state index in [0.29, 0.717) is 23.7 Å². The zero-order valence-corrected chi connectivity index (χ0v) is 15.2. The molecule has 0 atom stereocenters. The van der Waals surface area contributed by atoms with Crippen LogP contribution in [-0.2, 0) is 0 Å². The monoisotopic (exact) mass is 365 g/mol. The quantitative estimate of drug-likeness (QED) is 0.740. The Balaban J connectivity index is 1.58. The first-order valence-electron chi connectivity index (χ1n) is 9.42. The number of rotatable bonds is 5. The molecule has 0 radical (unpaired) electrons. The second-order valence-electron chi connectivity index (χ2n) is 6.91. The Morgan fingerprint density at radius 3 is 2.59 bits per heavy atom. The molecule has 27 heavy (non-hydrogen) atoms. The molecule has 0 spiro atoms. The second kappa shape index (κ2) is 7.84. The Morgan fingerprint density at radius 2 is 1.81 bits per heavy atom. The smallest absolute Gasteiger partial charge is 0.197 e. The zero-order chi connectivity index (χ0) is 18.6. The van der Waals surface area contributed by atoms with Crippen molar-refractivity contribution in [2.24, 2.45) is 0 Å². The molecule has 3 aromatic rings. The highest BCUT2D eigenvalue weighted by Crippen LogP contribution is 2.31. The summed E-state index contributed by atoms with van der Waals surface area (Å²) in [6.07, 6.45) is 3.78. The fourth-order valence-corrected chi connectivity index (χ4v) is 3.55. The fraction of sp³-hybridized carbons (Fsp3) is 0.318. The highest BCUT2D eigenvalue weighted by atomic mass is 16.5. The van der Waals surface area contributed by atoms with Crippen LogP contribution in [-0.4, -0.2) is 36.2 Å². The highest BCUT2D eigenvalue weighted by molar-refractivity contribution is 5.86. The second-order valence-corrected chi connectivity index (χ2v) is 6.91. The molecule has 5 nitrogen and oxygen atoms in total. The third-order valence-corrected chi connectivity index (χ3v) is 4.97. The van der Waals surface area contributed by atoms with Crippen LogP contribution in [0.25, 0.3) is 22.3 Å². The van der Waals surface area contributed by atoms with Crippen molar-refractivity contribution in [1.82, 2.24) is 4.90 Å². The molecule has 2 aromatic carbocycles. The highest BCUT2D eigenvalue weighted by Gasteiger charge is 2.14. The van der Waals surface area contributed by atoms with Crippen molar-refractivity contribution in [3.05, 3.63) is 58.8 Å². The van der Waals surface area contributed by atoms with Gasteiger partial charge in [-0.2, -0.15) is 0 Å². The van der Waals surface area contributed by atoms with Crippen LogP contribution in [0.4, 0.5) is 0 Å². The van der Waals surface area contributed by atoms with Gasteiger partial charge in [0.1, 0.15) is 34.8 Å². The van der Waals surface area contributed by atoms with E-state index < -0.39 is 0 Å². The maximum Gasteiger partial charge on any atom is 0.197 e. The van der Waals surface area contributed by atoms with Crippen molar-refractivity contribution in [2.45, 2.75) is 19.3 Å². The molecule has 0 saturated carbocycles. The van der Waals surface area contributed by atoms with Crippen LogP contribution < -0.4 is 10.2 Å². The number of hydrogen-bond acceptors (Lipinski definition) is 5. The van der Waals surface area contributed by atoms with E-state index in [-0.39, 0.29) is 16.6 Å². The summed E-state index contributed by atoms with van der Waals surface area (Å²) in [6.45, 7) is 3.61. The van der Waals surface area contributed by atoms with Gasteiger partial charge in [-0.1, -0.05) is 36.8 Å². The molecule has 0 unspecified atom stereocenters. The molecule has 2 heterocycles. The van der Waals surface area contributed by atoms with Crippen LogP contribution in [0.15, 0.2) is 57.7 Å². The Labute approximate surface area is 157 Å². The molecule has 0 bridgehead atoms. The molecular weight excluding hydrogens is 342 g/mol. The van der Waals surface area contributed by atoms with Crippen LogP contribution >= 0.6 is 0 Å². The number of likely N-dealkylation sites (tertiary alicyclic amines) is 1. The number of aromatic hydroxyl groups is 1. The number of ether oxygens (including phenoxy) is 1. The zero-order valence-electron chi connectivity index (χ0n) is 15.2. The molecule has 0 aliphatic carbocycles. The minimum absolute atomic E-state index is 0.117. The molecule has 1 saturated heterocycles. The van der Waals surface area contributed by atoms with Gasteiger partial charge in [0.2, 0.25) is 0 Å². The topological polar surface area (TPSA) is 62.9 Å². The third-order valence-electron chi connectivity index (χ3n) is 4.97. The van der Waals surface area contributed by atoms with Crippen LogP contribution in [0, 0.1) is 0 Å². The van der Waals surface area contributed by atoms with Gasteiger partial charge in [0.25, 0.3) is 0 Å². The maximum absolute atomic E-state index is 12.5. The average Bonchev–Trinajstić information content (AvgIpc) is 2.69. The number of benzene rings is 2. The van der Waals surface area contributed by atoms with Crippen molar-refractivity contribution < 1.29 is 14.3 Å². The standard InChI is InChI=1S/C22H23NO4/c24-18-13-17(26-12-11-23-9-5-2-6-10-23)14-21-22(18)19(25)15-20(27-21)16-7-3-1-4-8-16/h1,3-4,7-8,13-15,24H,2,5-6,9-12H2. The minimum Gasteiger partial charge on any atom is -0.507 e. The molecule has 140 valence electrons. The van der Waals surface area contributed by atoms with E-state index in [2.05, 4.69) is 4.90 Å². The third kappa shape index (κ3) is 3.98. The number of nitrogens with zero attached hydrogens (tertiary/aromatic N) is 1. The molecule has 1 aromatic heterocycles. The molecule has 1 fully saturated rings. The van der Waals surface area contributed by atoms with Crippen LogP contribution in [0.1, 0.15) is 19.3 Å². The maximum atomic E-state index is 12.5.